The number of hydrogen-bond acceptors (Lipinski definition) is 7. The maximum absolute atomic E-state index is 11.9. The highest BCUT2D eigenvalue weighted by atomic mass is 32.1. The van der Waals surface area contributed by atoms with E-state index in [2.05, 4.69) is 25.4 Å². The van der Waals surface area contributed by atoms with E-state index in [1.54, 1.807) is 0 Å². The van der Waals surface area contributed by atoms with Crippen molar-refractivity contribution in [2.24, 2.45) is 0 Å². The molecule has 96 valence electrons. The van der Waals surface area contributed by atoms with Crippen molar-refractivity contribution in [3.05, 3.63) is 27.9 Å². The monoisotopic (exact) mass is 291 g/mol. The van der Waals surface area contributed by atoms with Crippen LogP contribution in [0.1, 0.15) is 26.5 Å². The number of nitrogens with one attached hydrogen (secondary N) is 2. The molecule has 3 rings (SSSR count). The van der Waals surface area contributed by atoms with E-state index in [1.807, 2.05) is 0 Å². The van der Waals surface area contributed by atoms with Crippen LogP contribution in [0.15, 0.2) is 6.20 Å². The lowest BCUT2D eigenvalue weighted by molar-refractivity contribution is 0.102. The minimum atomic E-state index is -0.322. The standard InChI is InChI=1S/C11H9N5OS2/c12-3-7-6-1-2-13-5-9(6)18-11(7)15-10(17)8-4-14-19-16-8/h4,13H,1-2,5H2,(H,15,17). The number of rotatable bonds is 2. The molecule has 2 aromatic heterocycles. The predicted octanol–water partition coefficient (Wildman–Crippen LogP) is 1.37. The quantitative estimate of drug-likeness (QED) is 0.872. The predicted molar refractivity (Wildman–Crippen MR) is 72.3 cm³/mol. The Morgan fingerprint density at radius 1 is 1.58 bits per heavy atom. The van der Waals surface area contributed by atoms with Gasteiger partial charge in [-0.1, -0.05) is 0 Å². The van der Waals surface area contributed by atoms with Gasteiger partial charge in [-0.15, -0.1) is 11.3 Å². The van der Waals surface area contributed by atoms with E-state index in [1.165, 1.54) is 17.5 Å². The van der Waals surface area contributed by atoms with Crippen LogP contribution in [-0.4, -0.2) is 21.2 Å². The number of anilines is 1. The Bertz CT molecular complexity index is 655. The molecular formula is C11H9N5OS2. The number of nitrogens with zero attached hydrogens (tertiary/aromatic N) is 3. The second-order valence-electron chi connectivity index (χ2n) is 3.99. The van der Waals surface area contributed by atoms with Gasteiger partial charge in [0, 0.05) is 11.4 Å². The summed E-state index contributed by atoms with van der Waals surface area (Å²) in [7, 11) is 0. The molecule has 1 aliphatic rings. The third-order valence-corrected chi connectivity index (χ3v) is 4.49. The molecule has 2 aromatic rings. The van der Waals surface area contributed by atoms with Gasteiger partial charge < -0.3 is 10.6 Å². The first-order valence-electron chi connectivity index (χ1n) is 5.64. The lowest BCUT2D eigenvalue weighted by atomic mass is 10.1. The van der Waals surface area contributed by atoms with Crippen LogP contribution in [0.5, 0.6) is 0 Å². The molecule has 1 aliphatic heterocycles. The number of aromatic nitrogens is 2. The largest absolute Gasteiger partial charge is 0.312 e. The van der Waals surface area contributed by atoms with Crippen molar-refractivity contribution in [1.29, 1.82) is 5.26 Å². The van der Waals surface area contributed by atoms with Gasteiger partial charge in [0.25, 0.3) is 5.91 Å². The molecule has 0 unspecified atom stereocenters. The maximum Gasteiger partial charge on any atom is 0.277 e. The SMILES string of the molecule is N#Cc1c(NC(=O)c2cnsn2)sc2c1CCNC2. The van der Waals surface area contributed by atoms with Gasteiger partial charge >= 0.3 is 0 Å². The number of carbonyl (C=O) groups is 1. The maximum atomic E-state index is 11.9. The van der Waals surface area contributed by atoms with Gasteiger partial charge in [0.2, 0.25) is 0 Å². The highest BCUT2D eigenvalue weighted by molar-refractivity contribution is 7.16. The molecule has 0 atom stereocenters. The lowest BCUT2D eigenvalue weighted by Crippen LogP contribution is -2.22. The molecule has 6 nitrogen and oxygen atoms in total. The molecule has 0 saturated heterocycles. The van der Waals surface area contributed by atoms with Gasteiger partial charge in [-0.05, 0) is 18.5 Å². The zero-order valence-electron chi connectivity index (χ0n) is 9.77. The topological polar surface area (TPSA) is 90.7 Å². The Hall–Kier alpha value is -1.82. The van der Waals surface area contributed by atoms with Crippen LogP contribution in [0.4, 0.5) is 5.00 Å². The average molecular weight is 291 g/mol. The van der Waals surface area contributed by atoms with Crippen LogP contribution in [0, 0.1) is 11.3 Å². The zero-order valence-corrected chi connectivity index (χ0v) is 11.4. The summed E-state index contributed by atoms with van der Waals surface area (Å²) in [4.78, 5) is 13.1. The third-order valence-electron chi connectivity index (χ3n) is 2.86. The Labute approximate surface area is 117 Å². The van der Waals surface area contributed by atoms with E-state index in [-0.39, 0.29) is 11.6 Å². The van der Waals surface area contributed by atoms with Crippen molar-refractivity contribution in [3.8, 4) is 6.07 Å². The summed E-state index contributed by atoms with van der Waals surface area (Å²) in [6, 6.07) is 2.19. The first kappa shape index (κ1) is 12.2. The summed E-state index contributed by atoms with van der Waals surface area (Å²) in [6.45, 7) is 1.62. The van der Waals surface area contributed by atoms with E-state index in [0.717, 1.165) is 41.7 Å². The van der Waals surface area contributed by atoms with E-state index in [4.69, 9.17) is 0 Å². The minimum Gasteiger partial charge on any atom is -0.312 e. The fourth-order valence-corrected chi connectivity index (χ4v) is 3.55. The molecule has 1 amide bonds. The average Bonchev–Trinajstić information content (AvgIpc) is 3.05. The van der Waals surface area contributed by atoms with Gasteiger partial charge in [0.1, 0.15) is 11.1 Å². The molecule has 0 saturated carbocycles. The third kappa shape index (κ3) is 2.23. The highest BCUT2D eigenvalue weighted by Crippen LogP contribution is 2.34. The Kier molecular flexibility index (Phi) is 3.25. The van der Waals surface area contributed by atoms with Gasteiger partial charge in [-0.3, -0.25) is 4.79 Å². The summed E-state index contributed by atoms with van der Waals surface area (Å²) in [5.41, 5.74) is 1.91. The first-order valence-corrected chi connectivity index (χ1v) is 7.18. The number of hydrogen-bond donors (Lipinski definition) is 2. The van der Waals surface area contributed by atoms with Crippen molar-refractivity contribution >= 4 is 34.0 Å². The van der Waals surface area contributed by atoms with E-state index < -0.39 is 0 Å². The van der Waals surface area contributed by atoms with Crippen molar-refractivity contribution in [2.45, 2.75) is 13.0 Å². The fourth-order valence-electron chi connectivity index (χ4n) is 1.97. The van der Waals surface area contributed by atoms with Crippen LogP contribution >= 0.6 is 23.1 Å². The Morgan fingerprint density at radius 3 is 3.21 bits per heavy atom. The zero-order chi connectivity index (χ0) is 13.2. The van der Waals surface area contributed by atoms with Crippen LogP contribution in [0.3, 0.4) is 0 Å². The van der Waals surface area contributed by atoms with E-state index in [9.17, 15) is 10.1 Å². The first-order chi connectivity index (χ1) is 9.29. The number of thiophene rings is 1. The molecule has 0 aliphatic carbocycles. The van der Waals surface area contributed by atoms with Gasteiger partial charge in [0.15, 0.2) is 5.69 Å². The Morgan fingerprint density at radius 2 is 2.47 bits per heavy atom. The van der Waals surface area contributed by atoms with Crippen molar-refractivity contribution < 1.29 is 4.79 Å². The van der Waals surface area contributed by atoms with Gasteiger partial charge in [-0.2, -0.15) is 14.0 Å². The second kappa shape index (κ2) is 5.05. The highest BCUT2D eigenvalue weighted by Gasteiger charge is 2.22. The second-order valence-corrected chi connectivity index (χ2v) is 5.66. The Balaban J connectivity index is 1.91. The molecule has 0 fully saturated rings. The normalized spacial score (nSPS) is 13.6. The number of amides is 1. The van der Waals surface area contributed by atoms with Crippen LogP contribution in [0.25, 0.3) is 0 Å². The minimum absolute atomic E-state index is 0.276. The molecule has 0 bridgehead atoms. The van der Waals surface area contributed by atoms with Crippen LogP contribution < -0.4 is 10.6 Å². The fraction of sp³-hybridized carbons (Fsp3) is 0.273. The van der Waals surface area contributed by atoms with E-state index in [0.29, 0.717) is 10.6 Å². The van der Waals surface area contributed by atoms with Gasteiger partial charge in [-0.25, -0.2) is 0 Å². The number of nitriles is 1. The summed E-state index contributed by atoms with van der Waals surface area (Å²) < 4.78 is 7.67. The summed E-state index contributed by atoms with van der Waals surface area (Å²) in [5, 5.41) is 15.9. The van der Waals surface area contributed by atoms with Gasteiger partial charge in [0.05, 0.1) is 23.5 Å². The number of carbonyl (C=O) groups excluding carboxylic acids is 1. The van der Waals surface area contributed by atoms with Crippen LogP contribution in [0.2, 0.25) is 0 Å². The molecular weight excluding hydrogens is 282 g/mol. The molecule has 0 aromatic carbocycles. The summed E-state index contributed by atoms with van der Waals surface area (Å²) >= 11 is 2.43. The van der Waals surface area contributed by atoms with E-state index >= 15 is 0 Å². The molecule has 8 heteroatoms. The van der Waals surface area contributed by atoms with Crippen molar-refractivity contribution in [1.82, 2.24) is 14.1 Å². The number of fused-ring (bicyclic) bond motifs is 1. The molecule has 0 spiro atoms. The molecule has 19 heavy (non-hydrogen) atoms. The summed E-state index contributed by atoms with van der Waals surface area (Å²) in [6.07, 6.45) is 2.24. The van der Waals surface area contributed by atoms with Crippen molar-refractivity contribution in [2.75, 3.05) is 11.9 Å². The molecule has 0 radical (unpaired) electrons. The summed E-state index contributed by atoms with van der Waals surface area (Å²) in [5.74, 6) is -0.322. The molecule has 2 N–H and O–H groups in total. The van der Waals surface area contributed by atoms with Crippen LogP contribution in [-0.2, 0) is 13.0 Å². The smallest absolute Gasteiger partial charge is 0.277 e. The molecule has 3 heterocycles. The van der Waals surface area contributed by atoms with Crippen molar-refractivity contribution in [3.63, 3.8) is 0 Å². The lowest BCUT2D eigenvalue weighted by Gasteiger charge is -2.11.